The molecule has 0 radical (unpaired) electrons. The smallest absolute Gasteiger partial charge is 0.466 e. The van der Waals surface area contributed by atoms with Crippen LogP contribution in [-0.4, -0.2) is 30.6 Å². The summed E-state index contributed by atoms with van der Waals surface area (Å²) in [6.45, 7) is 1.72. The highest BCUT2D eigenvalue weighted by Gasteiger charge is 2.40. The molecule has 1 heterocycles. The van der Waals surface area contributed by atoms with Crippen molar-refractivity contribution in [3.8, 4) is 0 Å². The first kappa shape index (κ1) is 12.6. The molecule has 0 aliphatic heterocycles. The summed E-state index contributed by atoms with van der Waals surface area (Å²) >= 11 is 0. The van der Waals surface area contributed by atoms with Crippen molar-refractivity contribution in [2.75, 3.05) is 13.6 Å². The van der Waals surface area contributed by atoms with Crippen molar-refractivity contribution in [1.82, 2.24) is 4.90 Å². The van der Waals surface area contributed by atoms with Gasteiger partial charge in [-0.2, -0.15) is 13.2 Å². The predicted octanol–water partition coefficient (Wildman–Crippen LogP) is 2.15. The topological polar surface area (TPSA) is 33.5 Å². The molecule has 0 N–H and O–H groups in total. The molecule has 3 nitrogen and oxygen atoms in total. The highest BCUT2D eigenvalue weighted by molar-refractivity contribution is 5.81. The molecule has 1 aromatic heterocycles. The fourth-order valence-corrected chi connectivity index (χ4v) is 1.22. The molecule has 0 saturated heterocycles. The molecule has 90 valence electrons. The molecule has 0 spiro atoms. The lowest BCUT2D eigenvalue weighted by Gasteiger charge is -2.17. The predicted molar refractivity (Wildman–Crippen MR) is 50.8 cm³/mol. The molecule has 6 heteroatoms. The lowest BCUT2D eigenvalue weighted by atomic mass is 10.3. The number of amides is 1. The molecule has 1 aromatic rings. The summed E-state index contributed by atoms with van der Waals surface area (Å²) in [6.07, 6.45) is -4.54. The van der Waals surface area contributed by atoms with Gasteiger partial charge in [-0.3, -0.25) is 4.79 Å². The van der Waals surface area contributed by atoms with E-state index in [1.54, 1.807) is 19.1 Å². The molecule has 0 saturated carbocycles. The standard InChI is InChI=1S/C10H12F3NO2/c1-7-3-4-8(16-7)5-6-14(2)9(15)10(11,12)13/h3-4H,5-6H2,1-2H3. The maximum Gasteiger partial charge on any atom is 0.471 e. The number of hydrogen-bond donors (Lipinski definition) is 0. The number of hydrogen-bond acceptors (Lipinski definition) is 2. The van der Waals surface area contributed by atoms with Crippen molar-refractivity contribution < 1.29 is 22.4 Å². The van der Waals surface area contributed by atoms with Crippen LogP contribution in [0, 0.1) is 6.92 Å². The highest BCUT2D eigenvalue weighted by Crippen LogP contribution is 2.17. The Morgan fingerprint density at radius 2 is 2.06 bits per heavy atom. The second-order valence-corrected chi connectivity index (χ2v) is 3.49. The Labute approximate surface area is 90.8 Å². The second-order valence-electron chi connectivity index (χ2n) is 3.49. The second kappa shape index (κ2) is 4.59. The lowest BCUT2D eigenvalue weighted by molar-refractivity contribution is -0.184. The monoisotopic (exact) mass is 235 g/mol. The third-order valence-electron chi connectivity index (χ3n) is 2.08. The van der Waals surface area contributed by atoms with Crippen LogP contribution in [-0.2, 0) is 11.2 Å². The van der Waals surface area contributed by atoms with Gasteiger partial charge in [0.1, 0.15) is 11.5 Å². The van der Waals surface area contributed by atoms with E-state index in [1.165, 1.54) is 0 Å². The summed E-state index contributed by atoms with van der Waals surface area (Å²) in [5.41, 5.74) is 0. The van der Waals surface area contributed by atoms with Gasteiger partial charge in [-0.25, -0.2) is 0 Å². The van der Waals surface area contributed by atoms with Gasteiger partial charge in [-0.15, -0.1) is 0 Å². The van der Waals surface area contributed by atoms with Gasteiger partial charge in [0.2, 0.25) is 0 Å². The van der Waals surface area contributed by atoms with Gasteiger partial charge in [0, 0.05) is 20.0 Å². The van der Waals surface area contributed by atoms with Gasteiger partial charge in [-0.1, -0.05) is 0 Å². The fraction of sp³-hybridized carbons (Fsp3) is 0.500. The molecule has 0 aromatic carbocycles. The molecule has 0 aliphatic carbocycles. The molecule has 0 atom stereocenters. The van der Waals surface area contributed by atoms with E-state index in [9.17, 15) is 18.0 Å². The van der Waals surface area contributed by atoms with E-state index in [0.29, 0.717) is 16.4 Å². The number of likely N-dealkylation sites (N-methyl/N-ethyl adjacent to an activating group) is 1. The average Bonchev–Trinajstić information content (AvgIpc) is 2.58. The first-order valence-electron chi connectivity index (χ1n) is 4.68. The van der Waals surface area contributed by atoms with E-state index >= 15 is 0 Å². The Kier molecular flexibility index (Phi) is 3.62. The number of nitrogens with zero attached hydrogens (tertiary/aromatic N) is 1. The van der Waals surface area contributed by atoms with Gasteiger partial charge in [0.05, 0.1) is 0 Å². The van der Waals surface area contributed by atoms with Crippen LogP contribution in [0.4, 0.5) is 13.2 Å². The Morgan fingerprint density at radius 1 is 1.44 bits per heavy atom. The zero-order valence-corrected chi connectivity index (χ0v) is 8.97. The minimum atomic E-state index is -4.81. The zero-order chi connectivity index (χ0) is 12.3. The number of aryl methyl sites for hydroxylation is 1. The normalized spacial score (nSPS) is 11.6. The lowest BCUT2D eigenvalue weighted by Crippen LogP contribution is -2.39. The third-order valence-corrected chi connectivity index (χ3v) is 2.08. The number of rotatable bonds is 3. The molecule has 0 bridgehead atoms. The van der Waals surface area contributed by atoms with Crippen LogP contribution >= 0.6 is 0 Å². The van der Waals surface area contributed by atoms with E-state index in [2.05, 4.69) is 0 Å². The summed E-state index contributed by atoms with van der Waals surface area (Å²) in [6, 6.07) is 3.40. The van der Waals surface area contributed by atoms with Gasteiger partial charge in [0.25, 0.3) is 0 Å². The molecule has 1 rings (SSSR count). The number of carbonyl (C=O) groups excluding carboxylic acids is 1. The van der Waals surface area contributed by atoms with Gasteiger partial charge in [-0.05, 0) is 19.1 Å². The summed E-state index contributed by atoms with van der Waals surface area (Å²) in [7, 11) is 1.12. The zero-order valence-electron chi connectivity index (χ0n) is 8.97. The largest absolute Gasteiger partial charge is 0.471 e. The summed E-state index contributed by atoms with van der Waals surface area (Å²) < 4.78 is 41.2. The van der Waals surface area contributed by atoms with Crippen LogP contribution in [0.3, 0.4) is 0 Å². The SMILES string of the molecule is Cc1ccc(CCN(C)C(=O)C(F)(F)F)o1. The van der Waals surface area contributed by atoms with Gasteiger partial charge in [0.15, 0.2) is 0 Å². The Morgan fingerprint density at radius 3 is 2.50 bits per heavy atom. The maximum atomic E-state index is 12.0. The van der Waals surface area contributed by atoms with Crippen LogP contribution in [0.2, 0.25) is 0 Å². The number of alkyl halides is 3. The maximum absolute atomic E-state index is 12.0. The number of halogens is 3. The molecular weight excluding hydrogens is 223 g/mol. The Bertz CT molecular complexity index is 370. The minimum absolute atomic E-state index is 0.0225. The van der Waals surface area contributed by atoms with E-state index in [-0.39, 0.29) is 13.0 Å². The van der Waals surface area contributed by atoms with Crippen molar-refractivity contribution in [2.24, 2.45) is 0 Å². The van der Waals surface area contributed by atoms with Crippen molar-refractivity contribution in [2.45, 2.75) is 19.5 Å². The molecular formula is C10H12F3NO2. The van der Waals surface area contributed by atoms with Gasteiger partial charge >= 0.3 is 12.1 Å². The summed E-state index contributed by atoms with van der Waals surface area (Å²) in [5.74, 6) is -0.574. The van der Waals surface area contributed by atoms with Crippen molar-refractivity contribution >= 4 is 5.91 Å². The van der Waals surface area contributed by atoms with Crippen molar-refractivity contribution in [3.05, 3.63) is 23.7 Å². The molecule has 16 heavy (non-hydrogen) atoms. The molecule has 1 amide bonds. The first-order chi connectivity index (χ1) is 7.30. The quantitative estimate of drug-likeness (QED) is 0.804. The number of furan rings is 1. The van der Waals surface area contributed by atoms with Crippen molar-refractivity contribution in [1.29, 1.82) is 0 Å². The highest BCUT2D eigenvalue weighted by atomic mass is 19.4. The molecule has 0 aliphatic rings. The van der Waals surface area contributed by atoms with Crippen LogP contribution in [0.25, 0.3) is 0 Å². The number of carbonyl (C=O) groups is 1. The van der Waals surface area contributed by atoms with Crippen LogP contribution in [0.15, 0.2) is 16.5 Å². The van der Waals surface area contributed by atoms with Crippen LogP contribution in [0.1, 0.15) is 11.5 Å². The molecule has 0 fully saturated rings. The minimum Gasteiger partial charge on any atom is -0.466 e. The summed E-state index contributed by atoms with van der Waals surface area (Å²) in [4.78, 5) is 11.4. The van der Waals surface area contributed by atoms with Gasteiger partial charge < -0.3 is 9.32 Å². The Balaban J connectivity index is 2.47. The fourth-order valence-electron chi connectivity index (χ4n) is 1.22. The van der Waals surface area contributed by atoms with Crippen LogP contribution in [0.5, 0.6) is 0 Å². The Hall–Kier alpha value is -1.46. The van der Waals surface area contributed by atoms with E-state index < -0.39 is 12.1 Å². The van der Waals surface area contributed by atoms with Crippen molar-refractivity contribution in [3.63, 3.8) is 0 Å². The third kappa shape index (κ3) is 3.29. The van der Waals surface area contributed by atoms with E-state index in [4.69, 9.17) is 4.42 Å². The van der Waals surface area contributed by atoms with Crippen LogP contribution < -0.4 is 0 Å². The average molecular weight is 235 g/mol. The van der Waals surface area contributed by atoms with E-state index in [1.807, 2.05) is 0 Å². The van der Waals surface area contributed by atoms with E-state index in [0.717, 1.165) is 7.05 Å². The summed E-state index contributed by atoms with van der Waals surface area (Å²) in [5, 5.41) is 0. The molecule has 0 unspecified atom stereocenters. The first-order valence-corrected chi connectivity index (χ1v) is 4.68.